The first-order valence-electron chi connectivity index (χ1n) is 6.63. The molecule has 0 unspecified atom stereocenters. The molecule has 0 bridgehead atoms. The maximum Gasteiger partial charge on any atom is 0.221 e. The second-order valence-electron chi connectivity index (χ2n) is 4.83. The van der Waals surface area contributed by atoms with Crippen molar-refractivity contribution in [1.29, 1.82) is 0 Å². The summed E-state index contributed by atoms with van der Waals surface area (Å²) in [5.74, 6) is -0.0837. The molecule has 1 heterocycles. The van der Waals surface area contributed by atoms with Crippen molar-refractivity contribution in [3.05, 3.63) is 57.3 Å². The fourth-order valence-electron chi connectivity index (χ4n) is 2.02. The van der Waals surface area contributed by atoms with Crippen LogP contribution < -0.4 is 5.32 Å². The molecule has 3 nitrogen and oxygen atoms in total. The molecule has 0 radical (unpaired) electrons. The Morgan fingerprint density at radius 1 is 1.14 bits per heavy atom. The molecular formula is C17H17NO2S. The number of benzene rings is 1. The first kappa shape index (κ1) is 15.2. The minimum Gasteiger partial charge on any atom is -0.326 e. The number of amides is 1. The van der Waals surface area contributed by atoms with E-state index in [-0.39, 0.29) is 11.7 Å². The van der Waals surface area contributed by atoms with Crippen molar-refractivity contribution in [3.63, 3.8) is 0 Å². The minimum absolute atomic E-state index is 0.0165. The van der Waals surface area contributed by atoms with Crippen LogP contribution in [0.4, 0.5) is 5.69 Å². The van der Waals surface area contributed by atoms with Crippen LogP contribution in [-0.2, 0) is 4.79 Å². The monoisotopic (exact) mass is 299 g/mol. The van der Waals surface area contributed by atoms with Crippen LogP contribution in [0, 0.1) is 13.8 Å². The smallest absolute Gasteiger partial charge is 0.221 e. The van der Waals surface area contributed by atoms with E-state index in [2.05, 4.69) is 5.32 Å². The third kappa shape index (κ3) is 4.13. The summed E-state index contributed by atoms with van der Waals surface area (Å²) in [6, 6.07) is 9.27. The summed E-state index contributed by atoms with van der Waals surface area (Å²) in [5.41, 5.74) is 2.43. The van der Waals surface area contributed by atoms with Crippen LogP contribution in [0.3, 0.4) is 0 Å². The van der Waals surface area contributed by atoms with Crippen molar-refractivity contribution >= 4 is 34.8 Å². The predicted molar refractivity (Wildman–Crippen MR) is 87.9 cm³/mol. The van der Waals surface area contributed by atoms with Crippen molar-refractivity contribution in [3.8, 4) is 0 Å². The number of nitrogens with one attached hydrogen (secondary N) is 1. The zero-order chi connectivity index (χ0) is 15.4. The van der Waals surface area contributed by atoms with Crippen molar-refractivity contribution in [1.82, 2.24) is 0 Å². The van der Waals surface area contributed by atoms with Gasteiger partial charge in [-0.2, -0.15) is 0 Å². The van der Waals surface area contributed by atoms with E-state index in [0.717, 1.165) is 26.6 Å². The average Bonchev–Trinajstić information content (AvgIpc) is 2.76. The topological polar surface area (TPSA) is 46.2 Å². The van der Waals surface area contributed by atoms with E-state index >= 15 is 0 Å². The molecule has 108 valence electrons. The van der Waals surface area contributed by atoms with E-state index in [4.69, 9.17) is 0 Å². The number of anilines is 1. The lowest BCUT2D eigenvalue weighted by atomic mass is 10.1. The molecular weight excluding hydrogens is 282 g/mol. The summed E-state index contributed by atoms with van der Waals surface area (Å²) in [5, 5.41) is 2.70. The third-order valence-electron chi connectivity index (χ3n) is 2.96. The average molecular weight is 299 g/mol. The Bertz CT molecular complexity index is 696. The highest BCUT2D eigenvalue weighted by atomic mass is 32.1. The molecule has 0 aliphatic rings. The summed E-state index contributed by atoms with van der Waals surface area (Å²) in [7, 11) is 0. The van der Waals surface area contributed by atoms with E-state index in [1.165, 1.54) is 6.92 Å². The van der Waals surface area contributed by atoms with Crippen LogP contribution in [0.5, 0.6) is 0 Å². The van der Waals surface area contributed by atoms with Crippen LogP contribution in [0.1, 0.15) is 32.6 Å². The number of aryl methyl sites for hydroxylation is 2. The van der Waals surface area contributed by atoms with Crippen molar-refractivity contribution in [2.75, 3.05) is 5.32 Å². The van der Waals surface area contributed by atoms with Gasteiger partial charge in [-0.05, 0) is 43.7 Å². The molecule has 2 aromatic rings. The Morgan fingerprint density at radius 2 is 1.81 bits per heavy atom. The van der Waals surface area contributed by atoms with Gasteiger partial charge in [-0.3, -0.25) is 9.59 Å². The lowest BCUT2D eigenvalue weighted by Crippen LogP contribution is -2.05. The standard InChI is InChI=1S/C17H17NO2S/c1-11-10-16(12(2)21-11)17(20)9-6-14-4-7-15(8-5-14)18-13(3)19/h4-10H,1-3H3,(H,18,19)/b9-6+. The largest absolute Gasteiger partial charge is 0.326 e. The van der Waals surface area contributed by atoms with Gasteiger partial charge in [0.1, 0.15) is 0 Å². The van der Waals surface area contributed by atoms with Gasteiger partial charge in [0.15, 0.2) is 5.78 Å². The molecule has 1 aromatic carbocycles. The van der Waals surface area contributed by atoms with Gasteiger partial charge in [0.05, 0.1) is 0 Å². The number of hydrogen-bond donors (Lipinski definition) is 1. The Labute approximate surface area is 128 Å². The maximum absolute atomic E-state index is 12.1. The van der Waals surface area contributed by atoms with Crippen LogP contribution in [-0.4, -0.2) is 11.7 Å². The fourth-order valence-corrected chi connectivity index (χ4v) is 2.95. The fraction of sp³-hybridized carbons (Fsp3) is 0.176. The summed E-state index contributed by atoms with van der Waals surface area (Å²) < 4.78 is 0. The van der Waals surface area contributed by atoms with Crippen molar-refractivity contribution in [2.45, 2.75) is 20.8 Å². The van der Waals surface area contributed by atoms with E-state index in [1.807, 2.05) is 44.2 Å². The molecule has 0 fully saturated rings. The number of carbonyl (C=O) groups excluding carboxylic acids is 2. The molecule has 1 N–H and O–H groups in total. The minimum atomic E-state index is -0.100. The molecule has 2 rings (SSSR count). The zero-order valence-electron chi connectivity index (χ0n) is 12.3. The van der Waals surface area contributed by atoms with E-state index < -0.39 is 0 Å². The summed E-state index contributed by atoms with van der Waals surface area (Å²) >= 11 is 1.63. The quantitative estimate of drug-likeness (QED) is 0.678. The maximum atomic E-state index is 12.1. The molecule has 0 aliphatic heterocycles. The second kappa shape index (κ2) is 6.50. The van der Waals surface area contributed by atoms with Gasteiger partial charge < -0.3 is 5.32 Å². The van der Waals surface area contributed by atoms with Gasteiger partial charge in [-0.1, -0.05) is 18.2 Å². The lowest BCUT2D eigenvalue weighted by molar-refractivity contribution is -0.114. The number of hydrogen-bond acceptors (Lipinski definition) is 3. The van der Waals surface area contributed by atoms with E-state index in [1.54, 1.807) is 23.5 Å². The third-order valence-corrected chi connectivity index (χ3v) is 3.93. The van der Waals surface area contributed by atoms with Gasteiger partial charge in [0.25, 0.3) is 0 Å². The van der Waals surface area contributed by atoms with Gasteiger partial charge in [0, 0.05) is 27.9 Å². The van der Waals surface area contributed by atoms with Gasteiger partial charge in [-0.25, -0.2) is 0 Å². The SMILES string of the molecule is CC(=O)Nc1ccc(/C=C/C(=O)c2cc(C)sc2C)cc1. The van der Waals surface area contributed by atoms with Crippen LogP contribution in [0.15, 0.2) is 36.4 Å². The molecule has 1 amide bonds. The highest BCUT2D eigenvalue weighted by Crippen LogP contribution is 2.21. The lowest BCUT2D eigenvalue weighted by Gasteiger charge is -2.01. The molecule has 21 heavy (non-hydrogen) atoms. The summed E-state index contributed by atoms with van der Waals surface area (Å²) in [6.07, 6.45) is 3.37. The molecule has 0 aliphatic carbocycles. The van der Waals surface area contributed by atoms with Crippen molar-refractivity contribution in [2.24, 2.45) is 0 Å². The van der Waals surface area contributed by atoms with Crippen LogP contribution >= 0.6 is 11.3 Å². The van der Waals surface area contributed by atoms with Crippen LogP contribution in [0.25, 0.3) is 6.08 Å². The van der Waals surface area contributed by atoms with E-state index in [0.29, 0.717) is 0 Å². The summed E-state index contributed by atoms with van der Waals surface area (Å²) in [4.78, 5) is 25.2. The molecule has 1 aromatic heterocycles. The number of carbonyl (C=O) groups is 2. The normalized spacial score (nSPS) is 10.8. The number of ketones is 1. The van der Waals surface area contributed by atoms with Gasteiger partial charge >= 0.3 is 0 Å². The Hall–Kier alpha value is -2.20. The second-order valence-corrected chi connectivity index (χ2v) is 6.29. The highest BCUT2D eigenvalue weighted by molar-refractivity contribution is 7.12. The van der Waals surface area contributed by atoms with Gasteiger partial charge in [0.2, 0.25) is 5.91 Å². The Morgan fingerprint density at radius 3 is 2.33 bits per heavy atom. The first-order chi connectivity index (χ1) is 9.95. The van der Waals surface area contributed by atoms with Crippen LogP contribution in [0.2, 0.25) is 0 Å². The van der Waals surface area contributed by atoms with Gasteiger partial charge in [-0.15, -0.1) is 11.3 Å². The highest BCUT2D eigenvalue weighted by Gasteiger charge is 2.08. The number of allylic oxidation sites excluding steroid dienone is 1. The molecule has 4 heteroatoms. The zero-order valence-corrected chi connectivity index (χ0v) is 13.1. The van der Waals surface area contributed by atoms with Crippen molar-refractivity contribution < 1.29 is 9.59 Å². The number of thiophene rings is 1. The Balaban J connectivity index is 2.08. The molecule has 0 atom stereocenters. The number of rotatable bonds is 4. The molecule has 0 saturated carbocycles. The summed E-state index contributed by atoms with van der Waals surface area (Å²) in [6.45, 7) is 5.43. The molecule has 0 spiro atoms. The Kier molecular flexibility index (Phi) is 4.70. The van der Waals surface area contributed by atoms with E-state index in [9.17, 15) is 9.59 Å². The molecule has 0 saturated heterocycles. The first-order valence-corrected chi connectivity index (χ1v) is 7.44. The predicted octanol–water partition coefficient (Wildman–Crippen LogP) is 4.22.